The average Bonchev–Trinajstić information content (AvgIpc) is 2.33. The molecule has 1 N–H and O–H groups in total. The number of nitrogens with one attached hydrogen (secondary N) is 1. The Labute approximate surface area is 111 Å². The average molecular weight is 286 g/mol. The quantitative estimate of drug-likeness (QED) is 0.631. The summed E-state index contributed by atoms with van der Waals surface area (Å²) in [5.41, 5.74) is -2.55. The standard InChI is InChI=1S/C12H9F3N2O3/c1-12(2)9(18)16-11(20)17(10(12)19)7-4-5(13)3-6(14)8(7)15/h3-4H,1-2H3,(H,16,18,20). The highest BCUT2D eigenvalue weighted by Crippen LogP contribution is 2.31. The van der Waals surface area contributed by atoms with Crippen LogP contribution in [0.5, 0.6) is 0 Å². The molecule has 4 amide bonds. The maximum atomic E-state index is 13.7. The van der Waals surface area contributed by atoms with Gasteiger partial charge in [-0.3, -0.25) is 14.9 Å². The van der Waals surface area contributed by atoms with Crippen molar-refractivity contribution in [2.45, 2.75) is 13.8 Å². The molecule has 0 atom stereocenters. The summed E-state index contributed by atoms with van der Waals surface area (Å²) < 4.78 is 40.0. The first-order valence-corrected chi connectivity index (χ1v) is 5.50. The number of carbonyl (C=O) groups excluding carboxylic acids is 3. The van der Waals surface area contributed by atoms with Gasteiger partial charge in [0.2, 0.25) is 11.8 Å². The monoisotopic (exact) mass is 286 g/mol. The van der Waals surface area contributed by atoms with E-state index in [-0.39, 0.29) is 11.0 Å². The Hall–Kier alpha value is -2.38. The summed E-state index contributed by atoms with van der Waals surface area (Å²) in [6.45, 7) is 2.41. The summed E-state index contributed by atoms with van der Waals surface area (Å²) in [6, 6.07) is -0.480. The number of benzene rings is 1. The van der Waals surface area contributed by atoms with Gasteiger partial charge in [-0.2, -0.15) is 0 Å². The summed E-state index contributed by atoms with van der Waals surface area (Å²) in [5, 5.41) is 1.83. The normalized spacial score (nSPS) is 18.2. The van der Waals surface area contributed by atoms with Crippen LogP contribution in [0.4, 0.5) is 23.7 Å². The number of imide groups is 2. The number of barbiturate groups is 1. The maximum absolute atomic E-state index is 13.7. The molecule has 1 aliphatic rings. The molecule has 0 unspecified atom stereocenters. The Morgan fingerprint density at radius 3 is 2.30 bits per heavy atom. The van der Waals surface area contributed by atoms with Crippen LogP contribution in [-0.4, -0.2) is 17.8 Å². The van der Waals surface area contributed by atoms with Crippen molar-refractivity contribution in [3.8, 4) is 0 Å². The molecule has 5 nitrogen and oxygen atoms in total. The molecule has 0 bridgehead atoms. The first-order valence-electron chi connectivity index (χ1n) is 5.50. The zero-order valence-corrected chi connectivity index (χ0v) is 10.5. The molecule has 0 aliphatic carbocycles. The van der Waals surface area contributed by atoms with Gasteiger partial charge in [-0.15, -0.1) is 0 Å². The van der Waals surface area contributed by atoms with Gasteiger partial charge in [0.1, 0.15) is 11.2 Å². The largest absolute Gasteiger partial charge is 0.335 e. The molecule has 0 spiro atoms. The lowest BCUT2D eigenvalue weighted by atomic mass is 9.88. The Morgan fingerprint density at radius 2 is 1.70 bits per heavy atom. The third-order valence-electron chi connectivity index (χ3n) is 2.94. The third-order valence-corrected chi connectivity index (χ3v) is 2.94. The second-order valence-electron chi connectivity index (χ2n) is 4.75. The molecule has 1 fully saturated rings. The van der Waals surface area contributed by atoms with Gasteiger partial charge in [-0.1, -0.05) is 0 Å². The highest BCUT2D eigenvalue weighted by molar-refractivity contribution is 6.29. The fourth-order valence-corrected chi connectivity index (χ4v) is 1.70. The van der Waals surface area contributed by atoms with E-state index in [1.807, 2.05) is 5.32 Å². The lowest BCUT2D eigenvalue weighted by Crippen LogP contribution is -2.62. The van der Waals surface area contributed by atoms with Crippen molar-refractivity contribution in [2.24, 2.45) is 5.41 Å². The molecule has 8 heteroatoms. The molecule has 1 aromatic rings. The van der Waals surface area contributed by atoms with Crippen molar-refractivity contribution in [1.82, 2.24) is 5.32 Å². The van der Waals surface area contributed by atoms with Crippen LogP contribution >= 0.6 is 0 Å². The summed E-state index contributed by atoms with van der Waals surface area (Å²) in [7, 11) is 0. The highest BCUT2D eigenvalue weighted by atomic mass is 19.2. The SMILES string of the molecule is CC1(C)C(=O)NC(=O)N(c2cc(F)cc(F)c2F)C1=O. The number of nitrogens with zero attached hydrogens (tertiary/aromatic N) is 1. The van der Waals surface area contributed by atoms with Gasteiger partial charge in [-0.25, -0.2) is 22.9 Å². The van der Waals surface area contributed by atoms with Crippen LogP contribution < -0.4 is 10.2 Å². The summed E-state index contributed by atoms with van der Waals surface area (Å²) >= 11 is 0. The number of rotatable bonds is 1. The van der Waals surface area contributed by atoms with E-state index in [0.29, 0.717) is 6.07 Å². The molecule has 0 radical (unpaired) electrons. The molecule has 106 valence electrons. The van der Waals surface area contributed by atoms with E-state index in [1.54, 1.807) is 0 Å². The van der Waals surface area contributed by atoms with Crippen LogP contribution in [0, 0.1) is 22.9 Å². The van der Waals surface area contributed by atoms with Crippen molar-refractivity contribution < 1.29 is 27.6 Å². The fourth-order valence-electron chi connectivity index (χ4n) is 1.70. The van der Waals surface area contributed by atoms with E-state index in [1.165, 1.54) is 13.8 Å². The lowest BCUT2D eigenvalue weighted by Gasteiger charge is -2.34. The van der Waals surface area contributed by atoms with Gasteiger partial charge in [-0.05, 0) is 13.8 Å². The smallest absolute Gasteiger partial charge is 0.276 e. The van der Waals surface area contributed by atoms with Crippen molar-refractivity contribution in [1.29, 1.82) is 0 Å². The number of halogens is 3. The Kier molecular flexibility index (Phi) is 3.04. The minimum atomic E-state index is -1.66. The van der Waals surface area contributed by atoms with E-state index < -0.39 is 46.4 Å². The van der Waals surface area contributed by atoms with Gasteiger partial charge < -0.3 is 0 Å². The number of urea groups is 1. The van der Waals surface area contributed by atoms with E-state index >= 15 is 0 Å². The third kappa shape index (κ3) is 1.93. The van der Waals surface area contributed by atoms with E-state index in [4.69, 9.17) is 0 Å². The van der Waals surface area contributed by atoms with Crippen molar-refractivity contribution in [2.75, 3.05) is 4.90 Å². The molecule has 1 heterocycles. The van der Waals surface area contributed by atoms with Crippen LogP contribution in [0.2, 0.25) is 0 Å². The van der Waals surface area contributed by atoms with Crippen molar-refractivity contribution in [3.05, 3.63) is 29.6 Å². The maximum Gasteiger partial charge on any atom is 0.335 e. The molecule has 0 aromatic heterocycles. The fraction of sp³-hybridized carbons (Fsp3) is 0.250. The van der Waals surface area contributed by atoms with Gasteiger partial charge in [0.15, 0.2) is 11.6 Å². The number of amides is 4. The number of carbonyl (C=O) groups is 3. The van der Waals surface area contributed by atoms with Gasteiger partial charge >= 0.3 is 6.03 Å². The Morgan fingerprint density at radius 1 is 1.10 bits per heavy atom. The summed E-state index contributed by atoms with van der Waals surface area (Å²) in [5.74, 6) is -6.21. The minimum Gasteiger partial charge on any atom is -0.276 e. The molecule has 20 heavy (non-hydrogen) atoms. The summed E-state index contributed by atoms with van der Waals surface area (Å²) in [4.78, 5) is 35.4. The first kappa shape index (κ1) is 14.0. The van der Waals surface area contributed by atoms with Crippen LogP contribution in [-0.2, 0) is 9.59 Å². The summed E-state index contributed by atoms with van der Waals surface area (Å²) in [6.07, 6.45) is 0. The van der Waals surface area contributed by atoms with E-state index in [2.05, 4.69) is 0 Å². The zero-order valence-electron chi connectivity index (χ0n) is 10.5. The molecular weight excluding hydrogens is 277 g/mol. The number of anilines is 1. The molecular formula is C12H9F3N2O3. The lowest BCUT2D eigenvalue weighted by molar-refractivity contribution is -0.140. The van der Waals surface area contributed by atoms with Crippen LogP contribution in [0.15, 0.2) is 12.1 Å². The molecule has 1 aliphatic heterocycles. The Bertz CT molecular complexity index is 643. The van der Waals surface area contributed by atoms with Gasteiger partial charge in [0, 0.05) is 12.1 Å². The van der Waals surface area contributed by atoms with Crippen molar-refractivity contribution in [3.63, 3.8) is 0 Å². The van der Waals surface area contributed by atoms with Crippen LogP contribution in [0.1, 0.15) is 13.8 Å². The first-order chi connectivity index (χ1) is 9.16. The van der Waals surface area contributed by atoms with Crippen LogP contribution in [0.25, 0.3) is 0 Å². The topological polar surface area (TPSA) is 66.5 Å². The number of hydrogen-bond donors (Lipinski definition) is 1. The predicted molar refractivity (Wildman–Crippen MR) is 61.1 cm³/mol. The van der Waals surface area contributed by atoms with Crippen molar-refractivity contribution >= 4 is 23.5 Å². The molecule has 0 saturated carbocycles. The zero-order chi connectivity index (χ0) is 15.2. The van der Waals surface area contributed by atoms with Gasteiger partial charge in [0.05, 0.1) is 5.69 Å². The molecule has 1 aromatic carbocycles. The predicted octanol–water partition coefficient (Wildman–Crippen LogP) is 1.71. The second kappa shape index (κ2) is 4.32. The van der Waals surface area contributed by atoms with E-state index in [9.17, 15) is 27.6 Å². The van der Waals surface area contributed by atoms with Gasteiger partial charge in [0.25, 0.3) is 0 Å². The second-order valence-corrected chi connectivity index (χ2v) is 4.75. The Balaban J connectivity index is 2.60. The highest BCUT2D eigenvalue weighted by Gasteiger charge is 2.48. The van der Waals surface area contributed by atoms with Crippen LogP contribution in [0.3, 0.4) is 0 Å². The minimum absolute atomic E-state index is 0.211. The number of hydrogen-bond acceptors (Lipinski definition) is 3. The molecule has 1 saturated heterocycles. The van der Waals surface area contributed by atoms with E-state index in [0.717, 1.165) is 0 Å². The molecule has 2 rings (SSSR count).